The highest BCUT2D eigenvalue weighted by molar-refractivity contribution is 6.06. The summed E-state index contributed by atoms with van der Waals surface area (Å²) in [6.07, 6.45) is 4.25. The molecule has 3 rings (SSSR count). The molecule has 1 heterocycles. The zero-order chi connectivity index (χ0) is 21.2. The number of aromatic nitrogens is 2. The van der Waals surface area contributed by atoms with Crippen molar-refractivity contribution in [1.29, 1.82) is 0 Å². The number of nitrogens with zero attached hydrogens (tertiary/aromatic N) is 3. The van der Waals surface area contributed by atoms with Gasteiger partial charge in [0.1, 0.15) is 18.1 Å². The Morgan fingerprint density at radius 3 is 2.50 bits per heavy atom. The standard InChI is InChI=1S/C22H21N5O3/c1-16(26-27-22(29)20-14-23-11-12-24-20)13-21(28)25-18-7-9-19(10-8-18)30-15-17-5-3-2-4-6-17/h2-12,14H,13,15H2,1H3,(H,25,28)(H,27,29)/b26-16-. The molecular formula is C22H21N5O3. The van der Waals surface area contributed by atoms with Gasteiger partial charge in [0.05, 0.1) is 12.6 Å². The lowest BCUT2D eigenvalue weighted by Gasteiger charge is -2.08. The normalized spacial score (nSPS) is 10.9. The molecule has 8 nitrogen and oxygen atoms in total. The fraction of sp³-hybridized carbons (Fsp3) is 0.136. The molecule has 0 saturated heterocycles. The Labute approximate surface area is 174 Å². The zero-order valence-electron chi connectivity index (χ0n) is 16.4. The summed E-state index contributed by atoms with van der Waals surface area (Å²) in [4.78, 5) is 31.7. The van der Waals surface area contributed by atoms with Crippen molar-refractivity contribution in [3.05, 3.63) is 84.4 Å². The van der Waals surface area contributed by atoms with Crippen LogP contribution in [-0.2, 0) is 11.4 Å². The number of rotatable bonds is 8. The Hall–Kier alpha value is -4.07. The van der Waals surface area contributed by atoms with E-state index >= 15 is 0 Å². The third-order valence-corrected chi connectivity index (χ3v) is 3.95. The molecule has 0 bridgehead atoms. The Bertz CT molecular complexity index is 1010. The topological polar surface area (TPSA) is 106 Å². The SMILES string of the molecule is C/C(CC(=O)Nc1ccc(OCc2ccccc2)cc1)=N/NC(=O)c1cnccn1. The largest absolute Gasteiger partial charge is 0.489 e. The second kappa shape index (κ2) is 10.5. The summed E-state index contributed by atoms with van der Waals surface area (Å²) in [5, 5.41) is 6.70. The summed E-state index contributed by atoms with van der Waals surface area (Å²) >= 11 is 0. The Morgan fingerprint density at radius 1 is 1.03 bits per heavy atom. The number of hydrogen-bond donors (Lipinski definition) is 2. The van der Waals surface area contributed by atoms with Crippen LogP contribution in [0.2, 0.25) is 0 Å². The molecule has 0 aliphatic carbocycles. The number of ether oxygens (including phenoxy) is 1. The molecule has 30 heavy (non-hydrogen) atoms. The average Bonchev–Trinajstić information content (AvgIpc) is 2.78. The van der Waals surface area contributed by atoms with Gasteiger partial charge in [0.15, 0.2) is 0 Å². The number of amides is 2. The second-order valence-corrected chi connectivity index (χ2v) is 6.40. The fourth-order valence-corrected chi connectivity index (χ4v) is 2.47. The molecule has 0 radical (unpaired) electrons. The van der Waals surface area contributed by atoms with Crippen LogP contribution in [0.25, 0.3) is 0 Å². The van der Waals surface area contributed by atoms with Gasteiger partial charge in [-0.3, -0.25) is 14.6 Å². The third-order valence-electron chi connectivity index (χ3n) is 3.95. The predicted octanol–water partition coefficient (Wildman–Crippen LogP) is 3.19. The molecule has 0 fully saturated rings. The molecule has 1 aromatic heterocycles. The Kier molecular flexibility index (Phi) is 7.21. The number of benzene rings is 2. The summed E-state index contributed by atoms with van der Waals surface area (Å²) < 4.78 is 5.73. The van der Waals surface area contributed by atoms with Crippen LogP contribution in [0.3, 0.4) is 0 Å². The lowest BCUT2D eigenvalue weighted by molar-refractivity contribution is -0.115. The van der Waals surface area contributed by atoms with Crippen molar-refractivity contribution in [2.24, 2.45) is 5.10 Å². The maximum atomic E-state index is 12.2. The minimum Gasteiger partial charge on any atom is -0.489 e. The molecule has 0 atom stereocenters. The van der Waals surface area contributed by atoms with E-state index in [4.69, 9.17) is 4.74 Å². The van der Waals surface area contributed by atoms with Crippen molar-refractivity contribution in [2.45, 2.75) is 20.0 Å². The number of hydrogen-bond acceptors (Lipinski definition) is 6. The van der Waals surface area contributed by atoms with Gasteiger partial charge in [-0.2, -0.15) is 5.10 Å². The van der Waals surface area contributed by atoms with Gasteiger partial charge in [-0.25, -0.2) is 10.4 Å². The van der Waals surface area contributed by atoms with Gasteiger partial charge in [0.2, 0.25) is 5.91 Å². The fourth-order valence-electron chi connectivity index (χ4n) is 2.47. The van der Waals surface area contributed by atoms with Crippen LogP contribution in [0.5, 0.6) is 5.75 Å². The first kappa shape index (κ1) is 20.7. The molecule has 8 heteroatoms. The van der Waals surface area contributed by atoms with E-state index in [-0.39, 0.29) is 18.0 Å². The Balaban J connectivity index is 1.45. The van der Waals surface area contributed by atoms with Gasteiger partial charge in [0.25, 0.3) is 5.91 Å². The van der Waals surface area contributed by atoms with E-state index in [1.54, 1.807) is 31.2 Å². The summed E-state index contributed by atoms with van der Waals surface area (Å²) in [6, 6.07) is 17.0. The highest BCUT2D eigenvalue weighted by atomic mass is 16.5. The van der Waals surface area contributed by atoms with Crippen LogP contribution in [0.4, 0.5) is 5.69 Å². The minimum atomic E-state index is -0.492. The molecule has 152 valence electrons. The van der Waals surface area contributed by atoms with Crippen LogP contribution in [-0.4, -0.2) is 27.5 Å². The number of anilines is 1. The molecule has 0 unspecified atom stereocenters. The predicted molar refractivity (Wildman–Crippen MR) is 113 cm³/mol. The molecule has 0 spiro atoms. The van der Waals surface area contributed by atoms with E-state index in [1.165, 1.54) is 18.6 Å². The highest BCUT2D eigenvalue weighted by Crippen LogP contribution is 2.17. The van der Waals surface area contributed by atoms with Crippen molar-refractivity contribution in [3.8, 4) is 5.75 Å². The highest BCUT2D eigenvalue weighted by Gasteiger charge is 2.08. The molecular weight excluding hydrogens is 382 g/mol. The Morgan fingerprint density at radius 2 is 1.80 bits per heavy atom. The zero-order valence-corrected chi connectivity index (χ0v) is 16.4. The lowest BCUT2D eigenvalue weighted by Crippen LogP contribution is -2.22. The van der Waals surface area contributed by atoms with Crippen molar-refractivity contribution in [3.63, 3.8) is 0 Å². The molecule has 2 aromatic carbocycles. The summed E-state index contributed by atoms with van der Waals surface area (Å²) in [7, 11) is 0. The van der Waals surface area contributed by atoms with Crippen LogP contribution >= 0.6 is 0 Å². The van der Waals surface area contributed by atoms with E-state index in [2.05, 4.69) is 25.8 Å². The smallest absolute Gasteiger partial charge is 0.291 e. The van der Waals surface area contributed by atoms with Crippen molar-refractivity contribution >= 4 is 23.2 Å². The quantitative estimate of drug-likeness (QED) is 0.444. The van der Waals surface area contributed by atoms with Crippen LogP contribution in [0.15, 0.2) is 78.3 Å². The number of carbonyl (C=O) groups excluding carboxylic acids is 2. The summed E-state index contributed by atoms with van der Waals surface area (Å²) in [5.41, 5.74) is 4.67. The van der Waals surface area contributed by atoms with E-state index in [1.807, 2.05) is 30.3 Å². The van der Waals surface area contributed by atoms with Gasteiger partial charge in [-0.05, 0) is 36.8 Å². The van der Waals surface area contributed by atoms with Crippen molar-refractivity contribution in [1.82, 2.24) is 15.4 Å². The molecule has 0 aliphatic rings. The summed E-state index contributed by atoms with van der Waals surface area (Å²) in [5.74, 6) is -0.0294. The molecule has 3 aromatic rings. The average molecular weight is 403 g/mol. The van der Waals surface area contributed by atoms with Gasteiger partial charge in [-0.1, -0.05) is 30.3 Å². The maximum Gasteiger partial charge on any atom is 0.291 e. The molecule has 0 aliphatic heterocycles. The third kappa shape index (κ3) is 6.52. The van der Waals surface area contributed by atoms with Gasteiger partial charge < -0.3 is 10.1 Å². The van der Waals surface area contributed by atoms with E-state index in [0.717, 1.165) is 5.56 Å². The van der Waals surface area contributed by atoms with Crippen LogP contribution < -0.4 is 15.5 Å². The number of carbonyl (C=O) groups is 2. The molecule has 2 N–H and O–H groups in total. The van der Waals surface area contributed by atoms with Crippen molar-refractivity contribution in [2.75, 3.05) is 5.32 Å². The first-order valence-electron chi connectivity index (χ1n) is 9.26. The van der Waals surface area contributed by atoms with Gasteiger partial charge >= 0.3 is 0 Å². The van der Waals surface area contributed by atoms with Crippen molar-refractivity contribution < 1.29 is 14.3 Å². The van der Waals surface area contributed by atoms with Gasteiger partial charge in [-0.15, -0.1) is 0 Å². The lowest BCUT2D eigenvalue weighted by atomic mass is 10.2. The summed E-state index contributed by atoms with van der Waals surface area (Å²) in [6.45, 7) is 2.12. The first-order valence-corrected chi connectivity index (χ1v) is 9.26. The van der Waals surface area contributed by atoms with E-state index < -0.39 is 5.91 Å². The monoisotopic (exact) mass is 403 g/mol. The maximum absolute atomic E-state index is 12.2. The number of hydrazone groups is 1. The van der Waals surface area contributed by atoms with E-state index in [0.29, 0.717) is 23.8 Å². The van der Waals surface area contributed by atoms with Crippen LogP contribution in [0.1, 0.15) is 29.4 Å². The van der Waals surface area contributed by atoms with Gasteiger partial charge in [0, 0.05) is 23.8 Å². The second-order valence-electron chi connectivity index (χ2n) is 6.40. The molecule has 2 amide bonds. The number of nitrogens with one attached hydrogen (secondary N) is 2. The molecule has 0 saturated carbocycles. The van der Waals surface area contributed by atoms with Crippen LogP contribution in [0, 0.1) is 0 Å². The minimum absolute atomic E-state index is 0.0347. The first-order chi connectivity index (χ1) is 14.6. The van der Waals surface area contributed by atoms with E-state index in [9.17, 15) is 9.59 Å².